The fourth-order valence-electron chi connectivity index (χ4n) is 5.86. The molecular weight excluding hydrogens is 693 g/mol. The Morgan fingerprint density at radius 3 is 1.51 bits per heavy atom. The fraction of sp³-hybridized carbons (Fsp3) is 0.0244. The van der Waals surface area contributed by atoms with Crippen molar-refractivity contribution in [3.8, 4) is 11.1 Å². The molecular formula is C41H31N7Rh+3. The van der Waals surface area contributed by atoms with Crippen LogP contribution in [0.4, 0.5) is 11.6 Å². The molecule has 0 amide bonds. The summed E-state index contributed by atoms with van der Waals surface area (Å²) in [5, 5.41) is 21.1. The number of hydrogen-bond acceptors (Lipinski definition) is 7. The molecule has 1 aliphatic carbocycles. The van der Waals surface area contributed by atoms with E-state index in [1.807, 2.05) is 109 Å². The van der Waals surface area contributed by atoms with E-state index in [4.69, 9.17) is 10.8 Å². The summed E-state index contributed by atoms with van der Waals surface area (Å²) in [6.45, 7) is 0. The quantitative estimate of drug-likeness (QED) is 0.137. The van der Waals surface area contributed by atoms with Gasteiger partial charge in [0.05, 0.1) is 22.5 Å². The van der Waals surface area contributed by atoms with Gasteiger partial charge in [-0.2, -0.15) is 0 Å². The first-order valence-electron chi connectivity index (χ1n) is 15.5. The first-order chi connectivity index (χ1) is 23.6. The summed E-state index contributed by atoms with van der Waals surface area (Å²) in [4.78, 5) is 19.1. The molecule has 0 radical (unpaired) electrons. The summed E-state index contributed by atoms with van der Waals surface area (Å²) in [5.41, 5.74) is 6.41. The van der Waals surface area contributed by atoms with Crippen molar-refractivity contribution in [3.05, 3.63) is 169 Å². The number of fused-ring (bicyclic) bond motifs is 8. The van der Waals surface area contributed by atoms with Crippen molar-refractivity contribution in [1.82, 2.24) is 19.9 Å². The average Bonchev–Trinajstić information content (AvgIpc) is 3.17. The zero-order chi connectivity index (χ0) is 32.9. The molecule has 236 valence electrons. The van der Waals surface area contributed by atoms with E-state index < -0.39 is 0 Å². The first kappa shape index (κ1) is 32.9. The van der Waals surface area contributed by atoms with Gasteiger partial charge in [0, 0.05) is 53.7 Å². The smallest absolute Gasteiger partial charge is 0.314 e. The summed E-state index contributed by atoms with van der Waals surface area (Å²) >= 11 is 0. The Morgan fingerprint density at radius 1 is 0.429 bits per heavy atom. The third-order valence-corrected chi connectivity index (χ3v) is 8.25. The van der Waals surface area contributed by atoms with E-state index in [0.717, 1.165) is 66.5 Å². The maximum Gasteiger partial charge on any atom is 3.00 e. The van der Waals surface area contributed by atoms with Gasteiger partial charge in [0.25, 0.3) is 0 Å². The van der Waals surface area contributed by atoms with E-state index in [2.05, 4.69) is 56.3 Å². The van der Waals surface area contributed by atoms with Gasteiger partial charge in [0.1, 0.15) is 11.6 Å². The summed E-state index contributed by atoms with van der Waals surface area (Å²) < 4.78 is 0. The molecule has 0 saturated heterocycles. The van der Waals surface area contributed by atoms with E-state index in [9.17, 15) is 0 Å². The van der Waals surface area contributed by atoms with Crippen LogP contribution in [0.25, 0.3) is 43.7 Å². The minimum absolute atomic E-state index is 0. The Morgan fingerprint density at radius 2 is 0.918 bits per heavy atom. The predicted molar refractivity (Wildman–Crippen MR) is 197 cm³/mol. The third-order valence-electron chi connectivity index (χ3n) is 8.25. The van der Waals surface area contributed by atoms with Gasteiger partial charge in [-0.3, -0.25) is 20.8 Å². The van der Waals surface area contributed by atoms with Crippen molar-refractivity contribution >= 4 is 55.6 Å². The SMILES string of the molecule is CN(c1ccccn1)c1ccccn1.N=C1C(=N)c2c(ccc3ccccc23)-c2ccccc21.[Rh+3].c1cnc2c(c1)ccc1cccnc12. The van der Waals surface area contributed by atoms with E-state index in [-0.39, 0.29) is 19.5 Å². The van der Waals surface area contributed by atoms with E-state index in [1.165, 1.54) is 0 Å². The first-order valence-corrected chi connectivity index (χ1v) is 15.5. The average molecular weight is 725 g/mol. The molecule has 4 heterocycles. The number of benzene rings is 4. The van der Waals surface area contributed by atoms with E-state index >= 15 is 0 Å². The standard InChI is InChI=1S/C18H12N2.C12H8N2.C11H11N3.Rh/c19-17-15-8-4-3-7-13(15)14-10-9-11-5-1-2-6-12(11)16(14)18(17)20;1-3-9-5-6-10-4-2-8-14-12(10)11(9)13-7-1;1-14(10-6-2-4-8-12-10)11-7-3-5-9-13-11;/h1-10,19-20H;1-8H;2-9H,1H3;/q;;;+3. The molecule has 0 bridgehead atoms. The fourth-order valence-corrected chi connectivity index (χ4v) is 5.86. The molecule has 0 saturated carbocycles. The zero-order valence-corrected chi connectivity index (χ0v) is 28.2. The van der Waals surface area contributed by atoms with Gasteiger partial charge < -0.3 is 4.90 Å². The van der Waals surface area contributed by atoms with Crippen molar-refractivity contribution in [2.24, 2.45) is 0 Å². The molecule has 0 unspecified atom stereocenters. The van der Waals surface area contributed by atoms with Crippen LogP contribution in [0.5, 0.6) is 0 Å². The van der Waals surface area contributed by atoms with Crippen LogP contribution in [0, 0.1) is 10.8 Å². The summed E-state index contributed by atoms with van der Waals surface area (Å²) in [7, 11) is 1.95. The Labute approximate surface area is 297 Å². The maximum absolute atomic E-state index is 8.36. The normalized spacial score (nSPS) is 11.3. The number of aromatic nitrogens is 4. The molecule has 0 aliphatic heterocycles. The Bertz CT molecular complexity index is 2320. The van der Waals surface area contributed by atoms with Gasteiger partial charge in [-0.25, -0.2) is 9.97 Å². The third kappa shape index (κ3) is 6.73. The molecule has 1 aliphatic rings. The molecule has 49 heavy (non-hydrogen) atoms. The minimum atomic E-state index is 0. The van der Waals surface area contributed by atoms with Crippen molar-refractivity contribution in [1.29, 1.82) is 10.8 Å². The summed E-state index contributed by atoms with van der Waals surface area (Å²) in [5.74, 6) is 1.79. The summed E-state index contributed by atoms with van der Waals surface area (Å²) in [6.07, 6.45) is 7.15. The molecule has 0 atom stereocenters. The second-order valence-electron chi connectivity index (χ2n) is 11.2. The number of anilines is 2. The second-order valence-corrected chi connectivity index (χ2v) is 11.2. The van der Waals surface area contributed by atoms with E-state index in [1.54, 1.807) is 24.8 Å². The van der Waals surface area contributed by atoms with Gasteiger partial charge in [-0.05, 0) is 58.3 Å². The van der Waals surface area contributed by atoms with Crippen molar-refractivity contribution < 1.29 is 19.5 Å². The Balaban J connectivity index is 0.000000130. The molecule has 9 rings (SSSR count). The van der Waals surface area contributed by atoms with Crippen LogP contribution in [-0.4, -0.2) is 38.4 Å². The van der Waals surface area contributed by atoms with Crippen LogP contribution in [0.1, 0.15) is 11.1 Å². The predicted octanol–water partition coefficient (Wildman–Crippen LogP) is 9.28. The summed E-state index contributed by atoms with van der Waals surface area (Å²) in [6, 6.07) is 43.8. The monoisotopic (exact) mass is 724 g/mol. The van der Waals surface area contributed by atoms with Gasteiger partial charge in [0.2, 0.25) is 0 Å². The molecule has 8 aromatic rings. The zero-order valence-electron chi connectivity index (χ0n) is 26.6. The van der Waals surface area contributed by atoms with Crippen molar-refractivity contribution in [2.45, 2.75) is 0 Å². The molecule has 4 aromatic heterocycles. The van der Waals surface area contributed by atoms with Crippen LogP contribution < -0.4 is 4.90 Å². The minimum Gasteiger partial charge on any atom is -0.314 e. The van der Waals surface area contributed by atoms with E-state index in [0.29, 0.717) is 11.4 Å². The number of nitrogens with one attached hydrogen (secondary N) is 2. The number of rotatable bonds is 2. The van der Waals surface area contributed by atoms with Crippen LogP contribution >= 0.6 is 0 Å². The molecule has 0 spiro atoms. The Kier molecular flexibility index (Phi) is 9.98. The number of hydrogen-bond donors (Lipinski definition) is 2. The Hall–Kier alpha value is -5.98. The van der Waals surface area contributed by atoms with Gasteiger partial charge in [0.15, 0.2) is 0 Å². The topological polar surface area (TPSA) is 102 Å². The molecule has 0 fully saturated rings. The maximum atomic E-state index is 8.36. The molecule has 8 heteroatoms. The van der Waals surface area contributed by atoms with Crippen LogP contribution in [0.15, 0.2) is 158 Å². The largest absolute Gasteiger partial charge is 3.00 e. The van der Waals surface area contributed by atoms with Gasteiger partial charge in [-0.15, -0.1) is 0 Å². The van der Waals surface area contributed by atoms with Crippen molar-refractivity contribution in [2.75, 3.05) is 11.9 Å². The number of nitrogens with zero attached hydrogens (tertiary/aromatic N) is 5. The molecule has 7 nitrogen and oxygen atoms in total. The van der Waals surface area contributed by atoms with Crippen molar-refractivity contribution in [3.63, 3.8) is 0 Å². The second kappa shape index (κ2) is 14.8. The van der Waals surface area contributed by atoms with Crippen LogP contribution in [0.2, 0.25) is 0 Å². The number of pyridine rings is 4. The molecule has 4 aromatic carbocycles. The molecule has 2 N–H and O–H groups in total. The van der Waals surface area contributed by atoms with Gasteiger partial charge >= 0.3 is 19.5 Å². The van der Waals surface area contributed by atoms with Gasteiger partial charge in [-0.1, -0.05) is 97.1 Å². The van der Waals surface area contributed by atoms with Crippen LogP contribution in [0.3, 0.4) is 0 Å². The van der Waals surface area contributed by atoms with Crippen LogP contribution in [-0.2, 0) is 19.5 Å².